The van der Waals surface area contributed by atoms with Gasteiger partial charge in [0.1, 0.15) is 10.8 Å². The summed E-state index contributed by atoms with van der Waals surface area (Å²) in [7, 11) is 0. The van der Waals surface area contributed by atoms with Crippen LogP contribution < -0.4 is 15.4 Å². The first-order valence-electron chi connectivity index (χ1n) is 8.24. The fraction of sp³-hybridized carbons (Fsp3) is 0.588. The van der Waals surface area contributed by atoms with E-state index in [1.165, 1.54) is 12.8 Å². The second kappa shape index (κ2) is 7.73. The first-order valence-corrected chi connectivity index (χ1v) is 8.99. The van der Waals surface area contributed by atoms with Gasteiger partial charge in [-0.25, -0.2) is 0 Å². The van der Waals surface area contributed by atoms with E-state index in [2.05, 4.69) is 10.6 Å². The average molecular weight is 357 g/mol. The molecule has 0 radical (unpaired) electrons. The van der Waals surface area contributed by atoms with Crippen LogP contribution in [0.25, 0.3) is 0 Å². The number of nitrogens with one attached hydrogen (secondary N) is 2. The second-order valence-electron chi connectivity index (χ2n) is 6.38. The molecule has 1 amide bonds. The summed E-state index contributed by atoms with van der Waals surface area (Å²) in [5.74, 6) is 0.673. The minimum absolute atomic E-state index is 0.108. The van der Waals surface area contributed by atoms with Crippen LogP contribution in [0.5, 0.6) is 5.75 Å². The molecule has 4 nitrogen and oxygen atoms in total. The maximum atomic E-state index is 12.0. The third-order valence-corrected chi connectivity index (χ3v) is 5.36. The van der Waals surface area contributed by atoms with Gasteiger partial charge in [-0.3, -0.25) is 4.79 Å². The zero-order chi connectivity index (χ0) is 16.2. The number of halogens is 2. The topological polar surface area (TPSA) is 50.4 Å². The summed E-state index contributed by atoms with van der Waals surface area (Å²) >= 11 is 12.0. The number of carbonyl (C=O) groups excluding carboxylic acids is 1. The lowest BCUT2D eigenvalue weighted by Gasteiger charge is -2.29. The van der Waals surface area contributed by atoms with Crippen LogP contribution in [0.1, 0.15) is 38.5 Å². The summed E-state index contributed by atoms with van der Waals surface area (Å²) in [4.78, 5) is 12.0. The smallest absolute Gasteiger partial charge is 0.220 e. The fourth-order valence-corrected chi connectivity index (χ4v) is 3.83. The van der Waals surface area contributed by atoms with Crippen LogP contribution in [0.4, 0.5) is 0 Å². The Labute approximate surface area is 146 Å². The number of amides is 1. The number of piperidine rings is 1. The minimum Gasteiger partial charge on any atom is -0.492 e. The van der Waals surface area contributed by atoms with Crippen LogP contribution in [0, 0.1) is 0 Å². The quantitative estimate of drug-likeness (QED) is 0.766. The normalized spacial score (nSPS) is 26.1. The molecule has 0 spiro atoms. The molecule has 2 bridgehead atoms. The maximum Gasteiger partial charge on any atom is 0.220 e. The Kier molecular flexibility index (Phi) is 5.67. The van der Waals surface area contributed by atoms with Crippen molar-refractivity contribution in [3.05, 3.63) is 28.2 Å². The molecule has 2 aliphatic rings. The van der Waals surface area contributed by atoms with Crippen molar-refractivity contribution in [3.63, 3.8) is 0 Å². The first-order chi connectivity index (χ1) is 11.1. The number of benzene rings is 1. The van der Waals surface area contributed by atoms with Gasteiger partial charge in [0.25, 0.3) is 0 Å². The molecule has 6 heteroatoms. The number of carbonyl (C=O) groups is 1. The lowest BCUT2D eigenvalue weighted by Crippen LogP contribution is -2.48. The third kappa shape index (κ3) is 4.52. The van der Waals surface area contributed by atoms with E-state index < -0.39 is 0 Å². The summed E-state index contributed by atoms with van der Waals surface area (Å²) < 4.78 is 5.60. The van der Waals surface area contributed by atoms with Crippen molar-refractivity contribution in [1.82, 2.24) is 10.6 Å². The molecule has 2 atom stereocenters. The van der Waals surface area contributed by atoms with Crippen molar-refractivity contribution in [1.29, 1.82) is 0 Å². The lowest BCUT2D eigenvalue weighted by atomic mass is 9.99. The van der Waals surface area contributed by atoms with Crippen molar-refractivity contribution in [2.45, 2.75) is 56.7 Å². The van der Waals surface area contributed by atoms with E-state index in [-0.39, 0.29) is 5.91 Å². The molecule has 2 heterocycles. The predicted molar refractivity (Wildman–Crippen MR) is 92.3 cm³/mol. The molecular weight excluding hydrogens is 335 g/mol. The Hall–Kier alpha value is -0.970. The monoisotopic (exact) mass is 356 g/mol. The highest BCUT2D eigenvalue weighted by Gasteiger charge is 2.33. The van der Waals surface area contributed by atoms with E-state index in [0.29, 0.717) is 53.4 Å². The number of ether oxygens (including phenoxy) is 1. The van der Waals surface area contributed by atoms with Gasteiger partial charge in [0.2, 0.25) is 5.91 Å². The standard InChI is InChI=1S/C17H22Cl2N2O2/c18-14-3-1-4-15(17(14)19)23-8-2-5-16(22)21-13-9-11-6-7-12(10-13)20-11/h1,3-4,11-13,20H,2,5-10H2,(H,21,22). The van der Waals surface area contributed by atoms with Crippen molar-refractivity contribution in [2.24, 2.45) is 0 Å². The van der Waals surface area contributed by atoms with Gasteiger partial charge in [0.05, 0.1) is 11.6 Å². The molecule has 0 aliphatic carbocycles. The third-order valence-electron chi connectivity index (χ3n) is 4.56. The Balaban J connectivity index is 1.35. The first kappa shape index (κ1) is 16.9. The molecule has 126 valence electrons. The van der Waals surface area contributed by atoms with Crippen LogP contribution >= 0.6 is 23.2 Å². The molecule has 1 aromatic rings. The van der Waals surface area contributed by atoms with E-state index in [4.69, 9.17) is 27.9 Å². The van der Waals surface area contributed by atoms with Gasteiger partial charge in [0, 0.05) is 24.5 Å². The molecule has 23 heavy (non-hydrogen) atoms. The van der Waals surface area contributed by atoms with Crippen molar-refractivity contribution in [2.75, 3.05) is 6.61 Å². The van der Waals surface area contributed by atoms with Crippen LogP contribution in [-0.4, -0.2) is 30.6 Å². The van der Waals surface area contributed by atoms with Gasteiger partial charge >= 0.3 is 0 Å². The predicted octanol–water partition coefficient (Wildman–Crippen LogP) is 3.55. The Morgan fingerprint density at radius 3 is 2.74 bits per heavy atom. The van der Waals surface area contributed by atoms with E-state index in [1.54, 1.807) is 18.2 Å². The fourth-order valence-electron chi connectivity index (χ4n) is 3.49. The summed E-state index contributed by atoms with van der Waals surface area (Å²) in [5.41, 5.74) is 0. The molecule has 2 aliphatic heterocycles. The van der Waals surface area contributed by atoms with Crippen molar-refractivity contribution in [3.8, 4) is 5.75 Å². The molecule has 2 saturated heterocycles. The van der Waals surface area contributed by atoms with Gasteiger partial charge in [-0.05, 0) is 44.2 Å². The lowest BCUT2D eigenvalue weighted by molar-refractivity contribution is -0.122. The summed E-state index contributed by atoms with van der Waals surface area (Å²) in [6.07, 6.45) is 5.72. The van der Waals surface area contributed by atoms with Gasteiger partial charge in [-0.15, -0.1) is 0 Å². The highest BCUT2D eigenvalue weighted by atomic mass is 35.5. The van der Waals surface area contributed by atoms with Crippen molar-refractivity contribution < 1.29 is 9.53 Å². The molecular formula is C17H22Cl2N2O2. The van der Waals surface area contributed by atoms with Gasteiger partial charge < -0.3 is 15.4 Å². The summed E-state index contributed by atoms with van der Waals surface area (Å²) in [5, 5.41) is 7.63. The van der Waals surface area contributed by atoms with E-state index in [9.17, 15) is 4.79 Å². The molecule has 0 saturated carbocycles. The van der Waals surface area contributed by atoms with Crippen LogP contribution in [0.15, 0.2) is 18.2 Å². The molecule has 2 N–H and O–H groups in total. The van der Waals surface area contributed by atoms with Crippen molar-refractivity contribution >= 4 is 29.1 Å². The van der Waals surface area contributed by atoms with Gasteiger partial charge in [0.15, 0.2) is 0 Å². The zero-order valence-electron chi connectivity index (χ0n) is 13.0. The molecule has 2 unspecified atom stereocenters. The molecule has 2 fully saturated rings. The zero-order valence-corrected chi connectivity index (χ0v) is 14.5. The SMILES string of the molecule is O=C(CCCOc1cccc(Cl)c1Cl)NC1CC2CCC(C1)N2. The van der Waals surface area contributed by atoms with E-state index in [1.807, 2.05) is 0 Å². The van der Waals surface area contributed by atoms with Gasteiger partial charge in [-0.1, -0.05) is 29.3 Å². The average Bonchev–Trinajstić information content (AvgIpc) is 2.86. The second-order valence-corrected chi connectivity index (χ2v) is 7.16. The Bertz CT molecular complexity index is 556. The summed E-state index contributed by atoms with van der Waals surface area (Å²) in [6, 6.07) is 6.79. The number of hydrogen-bond donors (Lipinski definition) is 2. The number of rotatable bonds is 6. The van der Waals surface area contributed by atoms with Crippen LogP contribution in [-0.2, 0) is 4.79 Å². The van der Waals surface area contributed by atoms with Crippen LogP contribution in [0.3, 0.4) is 0 Å². The number of fused-ring (bicyclic) bond motifs is 2. The highest BCUT2D eigenvalue weighted by molar-refractivity contribution is 6.42. The number of hydrogen-bond acceptors (Lipinski definition) is 3. The molecule has 3 rings (SSSR count). The van der Waals surface area contributed by atoms with E-state index in [0.717, 1.165) is 12.8 Å². The van der Waals surface area contributed by atoms with E-state index >= 15 is 0 Å². The Morgan fingerprint density at radius 2 is 2.00 bits per heavy atom. The van der Waals surface area contributed by atoms with Crippen LogP contribution in [0.2, 0.25) is 10.0 Å². The largest absolute Gasteiger partial charge is 0.492 e. The highest BCUT2D eigenvalue weighted by Crippen LogP contribution is 2.31. The molecule has 0 aromatic heterocycles. The van der Waals surface area contributed by atoms with Gasteiger partial charge in [-0.2, -0.15) is 0 Å². The minimum atomic E-state index is 0.108. The summed E-state index contributed by atoms with van der Waals surface area (Å²) in [6.45, 7) is 0.449. The maximum absolute atomic E-state index is 12.0. The molecule has 1 aromatic carbocycles. The Morgan fingerprint density at radius 1 is 1.26 bits per heavy atom.